The van der Waals surface area contributed by atoms with Gasteiger partial charge in [0.1, 0.15) is 0 Å². The van der Waals surface area contributed by atoms with Gasteiger partial charge in [-0.25, -0.2) is 0 Å². The zero-order valence-electron chi connectivity index (χ0n) is 8.23. The first-order valence-electron chi connectivity index (χ1n) is 4.86. The Labute approximate surface area is 79.3 Å². The van der Waals surface area contributed by atoms with E-state index >= 15 is 0 Å². The fourth-order valence-electron chi connectivity index (χ4n) is 1.24. The predicted molar refractivity (Wildman–Crippen MR) is 52.7 cm³/mol. The summed E-state index contributed by atoms with van der Waals surface area (Å²) in [4.78, 5) is 0. The number of hydrogen-bond donors (Lipinski definition) is 0. The normalized spacial score (nSPS) is 12.2. The molecule has 0 nitrogen and oxygen atoms in total. The van der Waals surface area contributed by atoms with Crippen LogP contribution in [0, 0.1) is 5.92 Å². The summed E-state index contributed by atoms with van der Waals surface area (Å²) < 4.78 is 23.7. The van der Waals surface area contributed by atoms with E-state index in [1.807, 2.05) is 0 Å². The van der Waals surface area contributed by atoms with Crippen molar-refractivity contribution in [3.8, 4) is 0 Å². The van der Waals surface area contributed by atoms with Gasteiger partial charge in [0.25, 0.3) is 6.08 Å². The van der Waals surface area contributed by atoms with Crippen LogP contribution in [0.2, 0.25) is 0 Å². The monoisotopic (exact) mass is 188 g/mol. The highest BCUT2D eigenvalue weighted by Crippen LogP contribution is 2.15. The average Bonchev–Trinajstić information content (AvgIpc) is 2.09. The molecule has 0 saturated carbocycles. The van der Waals surface area contributed by atoms with E-state index in [0.717, 1.165) is 25.3 Å². The molecule has 13 heavy (non-hydrogen) atoms. The zero-order chi connectivity index (χ0) is 10.1. The molecule has 0 N–H and O–H groups in total. The Hall–Kier alpha value is -0.660. The van der Waals surface area contributed by atoms with E-state index < -0.39 is 6.08 Å². The first-order chi connectivity index (χ1) is 6.20. The molecule has 0 heterocycles. The van der Waals surface area contributed by atoms with Crippen molar-refractivity contribution in [1.82, 2.24) is 0 Å². The lowest BCUT2D eigenvalue weighted by Crippen LogP contribution is -1.91. The minimum absolute atomic E-state index is 0.151. The standard InChI is InChI=1S/C11H18F2/c1-3-5-6-7-8-10(4-2)9-11(12)13/h4,9-10H,2-3,5-8H2,1H3. The number of hydrogen-bond acceptors (Lipinski definition) is 0. The molecule has 0 fully saturated rings. The van der Waals surface area contributed by atoms with Gasteiger partial charge in [-0.2, -0.15) is 8.78 Å². The van der Waals surface area contributed by atoms with Crippen LogP contribution >= 0.6 is 0 Å². The maximum atomic E-state index is 11.9. The molecule has 76 valence electrons. The van der Waals surface area contributed by atoms with Crippen LogP contribution in [0.15, 0.2) is 24.8 Å². The van der Waals surface area contributed by atoms with Crippen LogP contribution in [0.3, 0.4) is 0 Å². The predicted octanol–water partition coefficient (Wildman–Crippen LogP) is 4.54. The lowest BCUT2D eigenvalue weighted by atomic mass is 10.0. The number of allylic oxidation sites excluding steroid dienone is 2. The highest BCUT2D eigenvalue weighted by Gasteiger charge is 2.02. The molecule has 0 aliphatic carbocycles. The Morgan fingerprint density at radius 3 is 2.46 bits per heavy atom. The van der Waals surface area contributed by atoms with E-state index in [4.69, 9.17) is 0 Å². The van der Waals surface area contributed by atoms with Crippen LogP contribution in [-0.4, -0.2) is 0 Å². The van der Waals surface area contributed by atoms with Crippen LogP contribution in [0.25, 0.3) is 0 Å². The molecule has 0 aromatic rings. The summed E-state index contributed by atoms with van der Waals surface area (Å²) in [6.07, 6.45) is 6.26. The topological polar surface area (TPSA) is 0 Å². The van der Waals surface area contributed by atoms with E-state index in [1.165, 1.54) is 12.8 Å². The second-order valence-corrected chi connectivity index (χ2v) is 3.21. The molecule has 0 rings (SSSR count). The van der Waals surface area contributed by atoms with Gasteiger partial charge in [-0.3, -0.25) is 0 Å². The molecule has 0 aliphatic rings. The quantitative estimate of drug-likeness (QED) is 0.406. The molecule has 1 unspecified atom stereocenters. The third kappa shape index (κ3) is 7.69. The lowest BCUT2D eigenvalue weighted by molar-refractivity contribution is 0.410. The van der Waals surface area contributed by atoms with Gasteiger partial charge >= 0.3 is 0 Å². The maximum Gasteiger partial charge on any atom is 0.266 e. The van der Waals surface area contributed by atoms with Crippen LogP contribution in [0.5, 0.6) is 0 Å². The van der Waals surface area contributed by atoms with Crippen LogP contribution < -0.4 is 0 Å². The molecule has 0 radical (unpaired) electrons. The van der Waals surface area contributed by atoms with Crippen molar-refractivity contribution >= 4 is 0 Å². The second kappa shape index (κ2) is 7.96. The van der Waals surface area contributed by atoms with E-state index in [9.17, 15) is 8.78 Å². The number of rotatable bonds is 7. The summed E-state index contributed by atoms with van der Waals surface area (Å²) in [7, 11) is 0. The van der Waals surface area contributed by atoms with Gasteiger partial charge < -0.3 is 0 Å². The van der Waals surface area contributed by atoms with Crippen LogP contribution in [0.1, 0.15) is 39.0 Å². The summed E-state index contributed by atoms with van der Waals surface area (Å²) in [5, 5.41) is 0. The summed E-state index contributed by atoms with van der Waals surface area (Å²) in [5.41, 5.74) is 0. The fourth-order valence-corrected chi connectivity index (χ4v) is 1.24. The van der Waals surface area contributed by atoms with Gasteiger partial charge in [0.2, 0.25) is 0 Å². The molecular weight excluding hydrogens is 170 g/mol. The van der Waals surface area contributed by atoms with Crippen molar-refractivity contribution in [2.75, 3.05) is 0 Å². The highest BCUT2D eigenvalue weighted by atomic mass is 19.3. The van der Waals surface area contributed by atoms with Crippen LogP contribution in [-0.2, 0) is 0 Å². The van der Waals surface area contributed by atoms with E-state index in [1.54, 1.807) is 6.08 Å². The molecule has 0 aromatic heterocycles. The minimum Gasteiger partial charge on any atom is -0.174 e. The van der Waals surface area contributed by atoms with Gasteiger partial charge in [-0.05, 0) is 18.4 Å². The van der Waals surface area contributed by atoms with Gasteiger partial charge in [-0.15, -0.1) is 6.58 Å². The van der Waals surface area contributed by atoms with Crippen molar-refractivity contribution in [3.63, 3.8) is 0 Å². The van der Waals surface area contributed by atoms with Crippen molar-refractivity contribution in [1.29, 1.82) is 0 Å². The molecule has 0 bridgehead atoms. The van der Waals surface area contributed by atoms with E-state index in [2.05, 4.69) is 13.5 Å². The van der Waals surface area contributed by atoms with Crippen molar-refractivity contribution in [3.05, 3.63) is 24.8 Å². The third-order valence-corrected chi connectivity index (χ3v) is 2.03. The lowest BCUT2D eigenvalue weighted by Gasteiger charge is -2.05. The molecule has 0 aliphatic heterocycles. The van der Waals surface area contributed by atoms with Crippen molar-refractivity contribution in [2.24, 2.45) is 5.92 Å². The first-order valence-corrected chi connectivity index (χ1v) is 4.86. The zero-order valence-corrected chi connectivity index (χ0v) is 8.23. The molecule has 2 heteroatoms. The average molecular weight is 188 g/mol. The minimum atomic E-state index is -1.60. The van der Waals surface area contributed by atoms with E-state index in [0.29, 0.717) is 0 Å². The Balaban J connectivity index is 3.60. The largest absolute Gasteiger partial charge is 0.266 e. The fraction of sp³-hybridized carbons (Fsp3) is 0.636. The third-order valence-electron chi connectivity index (χ3n) is 2.03. The smallest absolute Gasteiger partial charge is 0.174 e. The Morgan fingerprint density at radius 1 is 1.31 bits per heavy atom. The maximum absolute atomic E-state index is 11.9. The second-order valence-electron chi connectivity index (χ2n) is 3.21. The van der Waals surface area contributed by atoms with Gasteiger partial charge in [-0.1, -0.05) is 38.7 Å². The summed E-state index contributed by atoms with van der Waals surface area (Å²) in [5.74, 6) is -0.151. The Morgan fingerprint density at radius 2 is 2.00 bits per heavy atom. The van der Waals surface area contributed by atoms with Gasteiger partial charge in [0.05, 0.1) is 0 Å². The van der Waals surface area contributed by atoms with Crippen molar-refractivity contribution in [2.45, 2.75) is 39.0 Å². The van der Waals surface area contributed by atoms with Crippen molar-refractivity contribution < 1.29 is 8.78 Å². The SMILES string of the molecule is C=CC(C=C(F)F)CCCCCC. The van der Waals surface area contributed by atoms with E-state index in [-0.39, 0.29) is 5.92 Å². The Bertz CT molecular complexity index is 157. The highest BCUT2D eigenvalue weighted by molar-refractivity contribution is 4.96. The first kappa shape index (κ1) is 12.3. The summed E-state index contributed by atoms with van der Waals surface area (Å²) >= 11 is 0. The molecular formula is C11H18F2. The number of unbranched alkanes of at least 4 members (excludes halogenated alkanes) is 3. The molecule has 0 spiro atoms. The number of halogens is 2. The molecule has 0 saturated heterocycles. The Kier molecular flexibility index (Phi) is 7.56. The molecule has 1 atom stereocenters. The molecule has 0 aromatic carbocycles. The van der Waals surface area contributed by atoms with Crippen LogP contribution in [0.4, 0.5) is 8.78 Å². The van der Waals surface area contributed by atoms with Gasteiger partial charge in [0, 0.05) is 0 Å². The molecule has 0 amide bonds. The summed E-state index contributed by atoms with van der Waals surface area (Å²) in [6, 6.07) is 0. The summed E-state index contributed by atoms with van der Waals surface area (Å²) in [6.45, 7) is 5.67. The van der Waals surface area contributed by atoms with Gasteiger partial charge in [0.15, 0.2) is 0 Å².